The molecule has 0 radical (unpaired) electrons. The van der Waals surface area contributed by atoms with E-state index in [0.29, 0.717) is 36.0 Å². The van der Waals surface area contributed by atoms with Gasteiger partial charge in [0, 0.05) is 14.5 Å². The molecule has 36 heavy (non-hydrogen) atoms. The molecule has 0 spiro atoms. The predicted octanol–water partition coefficient (Wildman–Crippen LogP) is 6.46. The van der Waals surface area contributed by atoms with Crippen molar-refractivity contribution < 1.29 is 23.9 Å². The van der Waals surface area contributed by atoms with Crippen molar-refractivity contribution in [3.05, 3.63) is 89.9 Å². The summed E-state index contributed by atoms with van der Waals surface area (Å²) in [6.07, 6.45) is 1.44. The monoisotopic (exact) mass is 724 g/mol. The van der Waals surface area contributed by atoms with E-state index >= 15 is 0 Å². The first-order valence-electron chi connectivity index (χ1n) is 10.8. The van der Waals surface area contributed by atoms with Gasteiger partial charge in [0.25, 0.3) is 11.8 Å². The molecule has 1 fully saturated rings. The Labute approximate surface area is 238 Å². The minimum atomic E-state index is -0.801. The van der Waals surface area contributed by atoms with E-state index in [4.69, 9.17) is 9.47 Å². The normalized spacial score (nSPS) is 14.7. The summed E-state index contributed by atoms with van der Waals surface area (Å²) in [7, 11) is 0. The number of rotatable bonds is 7. The molecule has 4 amide bonds. The quantitative estimate of drug-likeness (QED) is 0.172. The zero-order chi connectivity index (χ0) is 25.8. The van der Waals surface area contributed by atoms with Crippen molar-refractivity contribution in [3.8, 4) is 11.5 Å². The highest BCUT2D eigenvalue weighted by atomic mass is 127. The molecule has 7 nitrogen and oxygen atoms in total. The molecule has 3 aromatic rings. The van der Waals surface area contributed by atoms with Gasteiger partial charge in [-0.1, -0.05) is 50.1 Å². The molecule has 0 atom stereocenters. The first kappa shape index (κ1) is 26.4. The topological polar surface area (TPSA) is 84.9 Å². The number of barbiturate groups is 1. The van der Waals surface area contributed by atoms with Gasteiger partial charge in [-0.25, -0.2) is 9.69 Å². The number of carbonyl (C=O) groups excluding carboxylic acids is 3. The lowest BCUT2D eigenvalue weighted by Crippen LogP contribution is -2.54. The second kappa shape index (κ2) is 11.6. The average molecular weight is 726 g/mol. The van der Waals surface area contributed by atoms with Crippen LogP contribution in [-0.2, 0) is 16.2 Å². The molecule has 1 aliphatic heterocycles. The van der Waals surface area contributed by atoms with Crippen LogP contribution in [0.15, 0.2) is 75.2 Å². The summed E-state index contributed by atoms with van der Waals surface area (Å²) in [5.74, 6) is -0.442. The Hall–Kier alpha value is -2.70. The highest BCUT2D eigenvalue weighted by Crippen LogP contribution is 2.36. The summed E-state index contributed by atoms with van der Waals surface area (Å²) in [5, 5.41) is 2.24. The molecule has 1 aliphatic rings. The van der Waals surface area contributed by atoms with Gasteiger partial charge in [0.1, 0.15) is 12.2 Å². The van der Waals surface area contributed by atoms with Crippen molar-refractivity contribution in [3.63, 3.8) is 0 Å². The van der Waals surface area contributed by atoms with Gasteiger partial charge in [-0.3, -0.25) is 14.9 Å². The molecule has 1 heterocycles. The molecule has 0 aromatic heterocycles. The van der Waals surface area contributed by atoms with E-state index in [1.54, 1.807) is 36.4 Å². The van der Waals surface area contributed by atoms with Gasteiger partial charge in [-0.2, -0.15) is 0 Å². The summed E-state index contributed by atoms with van der Waals surface area (Å²) in [6, 6.07) is 17.1. The fourth-order valence-electron chi connectivity index (χ4n) is 3.49. The lowest BCUT2D eigenvalue weighted by molar-refractivity contribution is -0.122. The van der Waals surface area contributed by atoms with Crippen molar-refractivity contribution in [1.82, 2.24) is 5.32 Å². The number of anilines is 1. The molecule has 1 saturated heterocycles. The Balaban J connectivity index is 1.66. The lowest BCUT2D eigenvalue weighted by atomic mass is 10.1. The average Bonchev–Trinajstić information content (AvgIpc) is 2.83. The summed E-state index contributed by atoms with van der Waals surface area (Å²) in [4.78, 5) is 39.2. The molecule has 184 valence electrons. The molecular formula is C26H19Br2IN2O5. The van der Waals surface area contributed by atoms with Gasteiger partial charge in [0.2, 0.25) is 0 Å². The van der Waals surface area contributed by atoms with Crippen molar-refractivity contribution in [2.24, 2.45) is 0 Å². The van der Waals surface area contributed by atoms with Gasteiger partial charge in [0.05, 0.1) is 15.9 Å². The van der Waals surface area contributed by atoms with Crippen LogP contribution in [0.5, 0.6) is 11.5 Å². The molecule has 0 saturated carbocycles. The third kappa shape index (κ3) is 5.81. The zero-order valence-electron chi connectivity index (χ0n) is 18.9. The third-order valence-corrected chi connectivity index (χ3v) is 7.26. The Morgan fingerprint density at radius 1 is 1.00 bits per heavy atom. The van der Waals surface area contributed by atoms with Crippen molar-refractivity contribution in [2.75, 3.05) is 11.5 Å². The van der Waals surface area contributed by atoms with E-state index < -0.39 is 17.8 Å². The van der Waals surface area contributed by atoms with Crippen molar-refractivity contribution in [1.29, 1.82) is 0 Å². The number of nitrogens with one attached hydrogen (secondary N) is 1. The molecule has 0 unspecified atom stereocenters. The van der Waals surface area contributed by atoms with Gasteiger partial charge in [0.15, 0.2) is 11.5 Å². The highest BCUT2D eigenvalue weighted by Gasteiger charge is 2.36. The third-order valence-electron chi connectivity index (χ3n) is 5.16. The molecule has 4 rings (SSSR count). The molecular weight excluding hydrogens is 707 g/mol. The summed E-state index contributed by atoms with van der Waals surface area (Å²) >= 11 is 8.98. The van der Waals surface area contributed by atoms with E-state index in [0.717, 1.165) is 23.0 Å². The number of benzene rings is 3. The lowest BCUT2D eigenvalue weighted by Gasteiger charge is -2.26. The molecule has 0 bridgehead atoms. The summed E-state index contributed by atoms with van der Waals surface area (Å²) in [5.41, 5.74) is 1.71. The van der Waals surface area contributed by atoms with Gasteiger partial charge < -0.3 is 9.47 Å². The Kier molecular flexibility index (Phi) is 8.47. The van der Waals surface area contributed by atoms with Crippen LogP contribution in [0.4, 0.5) is 10.5 Å². The number of nitrogens with zero attached hydrogens (tertiary/aromatic N) is 1. The van der Waals surface area contributed by atoms with Crippen LogP contribution in [0.3, 0.4) is 0 Å². The van der Waals surface area contributed by atoms with E-state index in [1.807, 2.05) is 31.2 Å². The second-order valence-corrected chi connectivity index (χ2v) is 10.5. The van der Waals surface area contributed by atoms with E-state index in [1.165, 1.54) is 6.08 Å². The number of hydrogen-bond donors (Lipinski definition) is 1. The maximum atomic E-state index is 13.2. The van der Waals surface area contributed by atoms with Crippen LogP contribution in [0.2, 0.25) is 0 Å². The Morgan fingerprint density at radius 2 is 1.72 bits per heavy atom. The van der Waals surface area contributed by atoms with Crippen LogP contribution in [0.1, 0.15) is 18.1 Å². The number of carbonyl (C=O) groups is 3. The maximum absolute atomic E-state index is 13.2. The first-order valence-corrected chi connectivity index (χ1v) is 13.4. The van der Waals surface area contributed by atoms with Crippen LogP contribution in [0.25, 0.3) is 6.08 Å². The molecule has 1 N–H and O–H groups in total. The van der Waals surface area contributed by atoms with Gasteiger partial charge in [-0.15, -0.1) is 0 Å². The SMILES string of the molecule is CCOc1cc(/C=C2\C(=O)NC(=O)N(c3ccc(Br)cc3)C2=O)cc(I)c1OCc1ccccc1Br. The fourth-order valence-corrected chi connectivity index (χ4v) is 4.93. The number of imide groups is 2. The number of hydrogen-bond acceptors (Lipinski definition) is 5. The second-order valence-electron chi connectivity index (χ2n) is 7.58. The summed E-state index contributed by atoms with van der Waals surface area (Å²) < 4.78 is 14.4. The highest BCUT2D eigenvalue weighted by molar-refractivity contribution is 14.1. The fraction of sp³-hybridized carbons (Fsp3) is 0.115. The minimum Gasteiger partial charge on any atom is -0.490 e. The van der Waals surface area contributed by atoms with Crippen LogP contribution < -0.4 is 19.7 Å². The Morgan fingerprint density at radius 3 is 2.42 bits per heavy atom. The van der Waals surface area contributed by atoms with Gasteiger partial charge in [-0.05, 0) is 83.6 Å². The largest absolute Gasteiger partial charge is 0.490 e. The van der Waals surface area contributed by atoms with Crippen LogP contribution >= 0.6 is 54.5 Å². The first-order chi connectivity index (χ1) is 17.3. The Bertz CT molecular complexity index is 1380. The van der Waals surface area contributed by atoms with Crippen molar-refractivity contribution in [2.45, 2.75) is 13.5 Å². The molecule has 10 heteroatoms. The smallest absolute Gasteiger partial charge is 0.335 e. The number of amides is 4. The standard InChI is InChI=1S/C26H19Br2IN2O5/c1-2-35-22-13-15(12-21(29)23(22)36-14-16-5-3-4-6-20(16)28)11-19-24(32)30-26(34)31(25(19)33)18-9-7-17(27)8-10-18/h3-13H,2,14H2,1H3,(H,30,32,34)/b19-11+. The number of halogens is 3. The van der Waals surface area contributed by atoms with Crippen LogP contribution in [-0.4, -0.2) is 24.5 Å². The van der Waals surface area contributed by atoms with Crippen molar-refractivity contribution >= 4 is 84.1 Å². The maximum Gasteiger partial charge on any atom is 0.335 e. The van der Waals surface area contributed by atoms with Crippen LogP contribution in [0, 0.1) is 3.57 Å². The molecule has 0 aliphatic carbocycles. The minimum absolute atomic E-state index is 0.169. The van der Waals surface area contributed by atoms with E-state index in [9.17, 15) is 14.4 Å². The van der Waals surface area contributed by atoms with Gasteiger partial charge >= 0.3 is 6.03 Å². The number of ether oxygens (including phenoxy) is 2. The number of urea groups is 1. The van der Waals surface area contributed by atoms with E-state index in [-0.39, 0.29) is 5.57 Å². The predicted molar refractivity (Wildman–Crippen MR) is 152 cm³/mol. The zero-order valence-corrected chi connectivity index (χ0v) is 24.2. The van der Waals surface area contributed by atoms with E-state index in [2.05, 4.69) is 59.8 Å². The molecule has 3 aromatic carbocycles. The summed E-state index contributed by atoms with van der Waals surface area (Å²) in [6.45, 7) is 2.57.